The number of thioether (sulfide) groups is 1. The van der Waals surface area contributed by atoms with Gasteiger partial charge in [-0.25, -0.2) is 9.78 Å². The number of ketones is 1. The quantitative estimate of drug-likeness (QED) is 0.565. The zero-order valence-electron chi connectivity index (χ0n) is 14.6. The molecule has 0 unspecified atom stereocenters. The maximum Gasteiger partial charge on any atom is 0.341 e. The van der Waals surface area contributed by atoms with Crippen molar-refractivity contribution in [3.8, 4) is 0 Å². The molecule has 0 aliphatic rings. The number of Topliss-reactive ketones (excluding diaryl/α,β-unsaturated/α-hetero) is 1. The summed E-state index contributed by atoms with van der Waals surface area (Å²) >= 11 is 1.32. The third-order valence-corrected chi connectivity index (χ3v) is 4.34. The first-order chi connectivity index (χ1) is 12.5. The van der Waals surface area contributed by atoms with Gasteiger partial charge in [-0.05, 0) is 37.3 Å². The van der Waals surface area contributed by atoms with Crippen LogP contribution in [-0.4, -0.2) is 41.5 Å². The summed E-state index contributed by atoms with van der Waals surface area (Å²) in [4.78, 5) is 40.1. The Morgan fingerprint density at radius 2 is 1.88 bits per heavy atom. The molecule has 0 aliphatic heterocycles. The summed E-state index contributed by atoms with van der Waals surface area (Å²) in [6, 6.07) is 11.9. The topological polar surface area (TPSA) is 85.4 Å². The summed E-state index contributed by atoms with van der Waals surface area (Å²) in [6.45, 7) is 0.959. The molecule has 1 N–H and O–H groups in total. The highest BCUT2D eigenvalue weighted by Gasteiger charge is 2.19. The third-order valence-electron chi connectivity index (χ3n) is 3.63. The van der Waals surface area contributed by atoms with E-state index in [0.717, 1.165) is 5.56 Å². The number of amides is 1. The minimum Gasteiger partial charge on any atom is -0.452 e. The van der Waals surface area contributed by atoms with Crippen LogP contribution in [-0.2, 0) is 20.7 Å². The maximum absolute atomic E-state index is 12.1. The van der Waals surface area contributed by atoms with Crippen molar-refractivity contribution in [2.24, 2.45) is 0 Å². The Labute approximate surface area is 156 Å². The van der Waals surface area contributed by atoms with E-state index in [2.05, 4.69) is 10.3 Å². The Morgan fingerprint density at radius 3 is 2.54 bits per heavy atom. The molecule has 0 aliphatic carbocycles. The van der Waals surface area contributed by atoms with Gasteiger partial charge in [0.25, 0.3) is 5.91 Å². The second kappa shape index (κ2) is 9.72. The van der Waals surface area contributed by atoms with Gasteiger partial charge in [-0.15, -0.1) is 11.8 Å². The Balaban J connectivity index is 1.92. The van der Waals surface area contributed by atoms with Gasteiger partial charge in [0.05, 0.1) is 11.6 Å². The second-order valence-electron chi connectivity index (χ2n) is 5.56. The number of pyridine rings is 1. The molecule has 1 aromatic heterocycles. The summed E-state index contributed by atoms with van der Waals surface area (Å²) in [5.41, 5.74) is 1.24. The Morgan fingerprint density at radius 1 is 1.15 bits per heavy atom. The fourth-order valence-electron chi connectivity index (χ4n) is 2.30. The van der Waals surface area contributed by atoms with Crippen molar-refractivity contribution in [1.29, 1.82) is 0 Å². The molecule has 0 radical (unpaired) electrons. The number of nitrogens with zero attached hydrogens (tertiary/aromatic N) is 1. The summed E-state index contributed by atoms with van der Waals surface area (Å²) in [5.74, 6) is -1.31. The van der Waals surface area contributed by atoms with Crippen molar-refractivity contribution in [2.45, 2.75) is 24.4 Å². The lowest BCUT2D eigenvalue weighted by Gasteiger charge is -2.16. The fraction of sp³-hybridized carbons (Fsp3) is 0.263. The van der Waals surface area contributed by atoms with Gasteiger partial charge in [0.15, 0.2) is 12.4 Å². The number of aromatic nitrogens is 1. The SMILES string of the molecule is CSc1ncccc1C(=O)OCC(=O)N[C@H](Cc1ccccc1)C(C)=O. The molecule has 136 valence electrons. The summed E-state index contributed by atoms with van der Waals surface area (Å²) in [5, 5.41) is 3.14. The highest BCUT2D eigenvalue weighted by atomic mass is 32.2. The van der Waals surface area contributed by atoms with Crippen LogP contribution in [0.1, 0.15) is 22.8 Å². The first-order valence-electron chi connectivity index (χ1n) is 8.01. The minimum absolute atomic E-state index is 0.162. The van der Waals surface area contributed by atoms with Crippen molar-refractivity contribution >= 4 is 29.4 Å². The lowest BCUT2D eigenvalue weighted by atomic mass is 10.0. The van der Waals surface area contributed by atoms with Crippen LogP contribution in [0.15, 0.2) is 53.7 Å². The van der Waals surface area contributed by atoms with Gasteiger partial charge in [0.2, 0.25) is 0 Å². The van der Waals surface area contributed by atoms with Crippen molar-refractivity contribution in [3.63, 3.8) is 0 Å². The van der Waals surface area contributed by atoms with E-state index in [1.165, 1.54) is 18.7 Å². The van der Waals surface area contributed by atoms with Crippen molar-refractivity contribution in [3.05, 3.63) is 59.8 Å². The average Bonchev–Trinajstić information content (AvgIpc) is 2.66. The molecule has 1 heterocycles. The standard InChI is InChI=1S/C19H20N2O4S/c1-13(22)16(11-14-7-4-3-5-8-14)21-17(23)12-25-19(24)15-9-6-10-20-18(15)26-2/h3-10,16H,11-12H2,1-2H3,(H,21,23)/t16-/m1/s1. The number of nitrogens with one attached hydrogen (secondary N) is 1. The van der Waals surface area contributed by atoms with Gasteiger partial charge in [0, 0.05) is 6.20 Å². The van der Waals surface area contributed by atoms with Crippen LogP contribution in [0.4, 0.5) is 0 Å². The van der Waals surface area contributed by atoms with Crippen LogP contribution in [0, 0.1) is 0 Å². The second-order valence-corrected chi connectivity index (χ2v) is 6.35. The normalized spacial score (nSPS) is 11.5. The Bertz CT molecular complexity index is 780. The Hall–Kier alpha value is -2.67. The van der Waals surface area contributed by atoms with Crippen molar-refractivity contribution in [1.82, 2.24) is 10.3 Å². The van der Waals surface area contributed by atoms with Gasteiger partial charge >= 0.3 is 5.97 Å². The van der Waals surface area contributed by atoms with E-state index in [9.17, 15) is 14.4 Å². The molecule has 0 spiro atoms. The number of esters is 1. The molecule has 0 fully saturated rings. The van der Waals surface area contributed by atoms with E-state index in [4.69, 9.17) is 4.74 Å². The van der Waals surface area contributed by atoms with Gasteiger partial charge in [-0.3, -0.25) is 9.59 Å². The van der Waals surface area contributed by atoms with Gasteiger partial charge < -0.3 is 10.1 Å². The van der Waals surface area contributed by atoms with Gasteiger partial charge in [-0.1, -0.05) is 30.3 Å². The van der Waals surface area contributed by atoms with Crippen LogP contribution < -0.4 is 5.32 Å². The Kier molecular flexibility index (Phi) is 7.35. The van der Waals surface area contributed by atoms with E-state index in [0.29, 0.717) is 17.0 Å². The molecule has 1 atom stereocenters. The first kappa shape index (κ1) is 19.7. The van der Waals surface area contributed by atoms with E-state index in [1.54, 1.807) is 24.6 Å². The molecule has 2 rings (SSSR count). The fourth-order valence-corrected chi connectivity index (χ4v) is 2.84. The molecule has 1 aromatic carbocycles. The van der Waals surface area contributed by atoms with E-state index in [-0.39, 0.29) is 5.78 Å². The number of hydrogen-bond acceptors (Lipinski definition) is 6. The van der Waals surface area contributed by atoms with Crippen molar-refractivity contribution < 1.29 is 19.1 Å². The van der Waals surface area contributed by atoms with E-state index < -0.39 is 24.5 Å². The molecule has 2 aromatic rings. The first-order valence-corrected chi connectivity index (χ1v) is 9.23. The number of rotatable bonds is 8. The largest absolute Gasteiger partial charge is 0.452 e. The molecule has 26 heavy (non-hydrogen) atoms. The molecular formula is C19H20N2O4S. The van der Waals surface area contributed by atoms with Crippen LogP contribution in [0.25, 0.3) is 0 Å². The van der Waals surface area contributed by atoms with Crippen LogP contribution in [0.5, 0.6) is 0 Å². The lowest BCUT2D eigenvalue weighted by molar-refractivity contribution is -0.128. The number of benzene rings is 1. The van der Waals surface area contributed by atoms with Crippen LogP contribution in [0.2, 0.25) is 0 Å². The van der Waals surface area contributed by atoms with Crippen LogP contribution >= 0.6 is 11.8 Å². The lowest BCUT2D eigenvalue weighted by Crippen LogP contribution is -2.43. The molecule has 1 amide bonds. The summed E-state index contributed by atoms with van der Waals surface area (Å²) < 4.78 is 5.05. The number of carbonyl (C=O) groups is 3. The molecular weight excluding hydrogens is 352 g/mol. The highest BCUT2D eigenvalue weighted by molar-refractivity contribution is 7.98. The molecule has 0 bridgehead atoms. The number of ether oxygens (including phenoxy) is 1. The zero-order chi connectivity index (χ0) is 18.9. The molecule has 6 nitrogen and oxygen atoms in total. The predicted octanol–water partition coefficient (Wildman–Crippen LogP) is 2.28. The van der Waals surface area contributed by atoms with E-state index in [1.807, 2.05) is 30.3 Å². The average molecular weight is 372 g/mol. The molecule has 0 saturated carbocycles. The molecule has 7 heteroatoms. The monoisotopic (exact) mass is 372 g/mol. The summed E-state index contributed by atoms with van der Waals surface area (Å²) in [7, 11) is 0. The van der Waals surface area contributed by atoms with E-state index >= 15 is 0 Å². The van der Waals surface area contributed by atoms with Gasteiger partial charge in [-0.2, -0.15) is 0 Å². The number of carbonyl (C=O) groups excluding carboxylic acids is 3. The smallest absolute Gasteiger partial charge is 0.341 e. The zero-order valence-corrected chi connectivity index (χ0v) is 15.4. The molecule has 0 saturated heterocycles. The van der Waals surface area contributed by atoms with Gasteiger partial charge in [0.1, 0.15) is 5.03 Å². The summed E-state index contributed by atoms with van der Waals surface area (Å²) in [6.07, 6.45) is 3.76. The predicted molar refractivity (Wildman–Crippen MR) is 99.1 cm³/mol. The third kappa shape index (κ3) is 5.70. The van der Waals surface area contributed by atoms with Crippen LogP contribution in [0.3, 0.4) is 0 Å². The minimum atomic E-state index is -0.663. The number of hydrogen-bond donors (Lipinski definition) is 1. The maximum atomic E-state index is 12.1. The highest BCUT2D eigenvalue weighted by Crippen LogP contribution is 2.17. The van der Waals surface area contributed by atoms with Crippen molar-refractivity contribution in [2.75, 3.05) is 12.9 Å².